The molecule has 0 aliphatic carbocycles. The third-order valence-electron chi connectivity index (χ3n) is 6.10. The van der Waals surface area contributed by atoms with Crippen LogP contribution in [-0.2, 0) is 30.8 Å². The number of sulfonamides is 1. The van der Waals surface area contributed by atoms with Gasteiger partial charge in [-0.3, -0.25) is 14.3 Å². The Labute approximate surface area is 235 Å². The number of carbonyl (C=O) groups is 2. The van der Waals surface area contributed by atoms with E-state index >= 15 is 0 Å². The van der Waals surface area contributed by atoms with Gasteiger partial charge in [0.2, 0.25) is 5.60 Å². The number of fused-ring (bicyclic) bond motifs is 1. The molecule has 1 atom stereocenters. The predicted octanol–water partition coefficient (Wildman–Crippen LogP) is 4.14. The summed E-state index contributed by atoms with van der Waals surface area (Å²) >= 11 is 0. The first kappa shape index (κ1) is 32.0. The van der Waals surface area contributed by atoms with Gasteiger partial charge >= 0.3 is 12.3 Å². The van der Waals surface area contributed by atoms with E-state index in [0.29, 0.717) is 20.4 Å². The minimum absolute atomic E-state index is 0.00375. The number of amides is 1. The van der Waals surface area contributed by atoms with Crippen molar-refractivity contribution in [3.63, 3.8) is 0 Å². The van der Waals surface area contributed by atoms with Crippen molar-refractivity contribution in [3.05, 3.63) is 24.4 Å². The molecule has 1 aliphatic heterocycles. The van der Waals surface area contributed by atoms with E-state index in [4.69, 9.17) is 14.2 Å². The predicted molar refractivity (Wildman–Crippen MR) is 141 cm³/mol. The Morgan fingerprint density at radius 1 is 1.22 bits per heavy atom. The Hall–Kier alpha value is -3.53. The largest absolute Gasteiger partial charge is 0.486 e. The Bertz CT molecular complexity index is 1360. The number of rotatable bonds is 12. The number of aryl methyl sites for hydroxylation is 1. The van der Waals surface area contributed by atoms with Gasteiger partial charge in [0.05, 0.1) is 18.8 Å². The highest BCUT2D eigenvalue weighted by molar-refractivity contribution is 7.93. The van der Waals surface area contributed by atoms with Crippen molar-refractivity contribution in [2.24, 2.45) is 0 Å². The van der Waals surface area contributed by atoms with E-state index in [0.717, 1.165) is 4.31 Å². The standard InChI is InChI=1S/C25H33F3N4O8S/c1-6-31-15-21(22(30-31)38-12-11-37-5)41(35,36)32-14-18(9-7-16(2)33)39-20-10-8-17(13-19(20)32)29-23(34)40-24(3,4)25(26,27)28/h8,10,13,15,18H,6-7,9,11-12,14H2,1-5H3,(H,29,34)/t18-/m0/s1. The number of carbonyl (C=O) groups excluding carboxylic acids is 2. The lowest BCUT2D eigenvalue weighted by molar-refractivity contribution is -0.242. The number of nitrogens with zero attached hydrogens (tertiary/aromatic N) is 3. The van der Waals surface area contributed by atoms with Crippen molar-refractivity contribution in [3.8, 4) is 11.6 Å². The molecule has 1 amide bonds. The van der Waals surface area contributed by atoms with Gasteiger partial charge in [-0.15, -0.1) is 5.10 Å². The highest BCUT2D eigenvalue weighted by Gasteiger charge is 2.51. The molecule has 16 heteroatoms. The molecule has 3 rings (SSSR count). The Morgan fingerprint density at radius 2 is 1.93 bits per heavy atom. The average Bonchev–Trinajstić information content (AvgIpc) is 3.30. The zero-order valence-electron chi connectivity index (χ0n) is 23.3. The number of methoxy groups -OCH3 is 1. The second kappa shape index (κ2) is 12.5. The lowest BCUT2D eigenvalue weighted by Crippen LogP contribution is -2.44. The number of alkyl halides is 3. The topological polar surface area (TPSA) is 138 Å². The van der Waals surface area contributed by atoms with Gasteiger partial charge in [0, 0.05) is 32.0 Å². The van der Waals surface area contributed by atoms with E-state index in [-0.39, 0.29) is 66.3 Å². The van der Waals surface area contributed by atoms with Crippen molar-refractivity contribution < 1.29 is 50.1 Å². The number of Topliss-reactive ketones (excluding diaryl/α,β-unsaturated/α-hetero) is 1. The maximum atomic E-state index is 14.0. The van der Waals surface area contributed by atoms with E-state index in [1.165, 1.54) is 43.1 Å². The van der Waals surface area contributed by atoms with Crippen LogP contribution in [0.15, 0.2) is 29.3 Å². The Balaban J connectivity index is 2.00. The summed E-state index contributed by atoms with van der Waals surface area (Å²) < 4.78 is 91.1. The fourth-order valence-corrected chi connectivity index (χ4v) is 5.31. The molecule has 1 aromatic heterocycles. The SMILES string of the molecule is CCn1cc(S(=O)(=O)N2C[C@H](CCC(C)=O)Oc3ccc(NC(=O)OC(C)(C)C(F)(F)F)cc32)c(OCCOC)n1. The monoisotopic (exact) mass is 606 g/mol. The zero-order valence-corrected chi connectivity index (χ0v) is 24.1. The number of benzene rings is 1. The van der Waals surface area contributed by atoms with E-state index in [9.17, 15) is 31.2 Å². The zero-order chi connectivity index (χ0) is 30.6. The van der Waals surface area contributed by atoms with Crippen molar-refractivity contribution in [2.75, 3.05) is 36.5 Å². The third kappa shape index (κ3) is 7.61. The number of anilines is 2. The number of halogens is 3. The Kier molecular flexibility index (Phi) is 9.79. The van der Waals surface area contributed by atoms with Crippen LogP contribution in [0.4, 0.5) is 29.3 Å². The van der Waals surface area contributed by atoms with Crippen molar-refractivity contribution in [1.82, 2.24) is 9.78 Å². The molecule has 0 spiro atoms. The minimum Gasteiger partial charge on any atom is -0.486 e. The molecule has 1 N–H and O–H groups in total. The van der Waals surface area contributed by atoms with Gasteiger partial charge in [-0.2, -0.15) is 13.2 Å². The van der Waals surface area contributed by atoms with Gasteiger partial charge in [-0.1, -0.05) is 0 Å². The number of hydrogen-bond donors (Lipinski definition) is 1. The van der Waals surface area contributed by atoms with Crippen LogP contribution in [0.1, 0.15) is 40.5 Å². The summed E-state index contributed by atoms with van der Waals surface area (Å²) in [5.41, 5.74) is -2.81. The molecule has 0 bridgehead atoms. The first-order valence-corrected chi connectivity index (χ1v) is 14.1. The number of nitrogens with one attached hydrogen (secondary N) is 1. The van der Waals surface area contributed by atoms with Gasteiger partial charge < -0.3 is 23.7 Å². The highest BCUT2D eigenvalue weighted by Crippen LogP contribution is 2.41. The lowest BCUT2D eigenvalue weighted by atomic mass is 10.1. The smallest absolute Gasteiger partial charge is 0.427 e. The molecule has 1 aromatic carbocycles. The molecule has 0 saturated carbocycles. The van der Waals surface area contributed by atoms with Gasteiger partial charge in [-0.25, -0.2) is 13.2 Å². The second-order valence-corrected chi connectivity index (χ2v) is 11.5. The molecule has 0 saturated heterocycles. The molecule has 0 radical (unpaired) electrons. The molecular weight excluding hydrogens is 573 g/mol. The molecule has 228 valence electrons. The van der Waals surface area contributed by atoms with Crippen molar-refractivity contribution in [2.45, 2.75) is 69.9 Å². The molecule has 0 fully saturated rings. The van der Waals surface area contributed by atoms with Crippen LogP contribution in [0, 0.1) is 0 Å². The molecular formula is C25H33F3N4O8S. The number of aromatic nitrogens is 2. The van der Waals surface area contributed by atoms with Crippen LogP contribution in [0.3, 0.4) is 0 Å². The quantitative estimate of drug-likeness (QED) is 0.353. The molecule has 12 nitrogen and oxygen atoms in total. The summed E-state index contributed by atoms with van der Waals surface area (Å²) in [5, 5.41) is 6.40. The number of hydrogen-bond acceptors (Lipinski definition) is 9. The maximum Gasteiger partial charge on any atom is 0.427 e. The van der Waals surface area contributed by atoms with Crippen LogP contribution >= 0.6 is 0 Å². The van der Waals surface area contributed by atoms with E-state index in [1.807, 2.05) is 0 Å². The fourth-order valence-electron chi connectivity index (χ4n) is 3.73. The third-order valence-corrected chi connectivity index (χ3v) is 7.86. The van der Waals surface area contributed by atoms with Crippen LogP contribution < -0.4 is 19.1 Å². The number of ether oxygens (including phenoxy) is 4. The lowest BCUT2D eigenvalue weighted by Gasteiger charge is -2.35. The summed E-state index contributed by atoms with van der Waals surface area (Å²) in [6, 6.07) is 3.94. The summed E-state index contributed by atoms with van der Waals surface area (Å²) in [4.78, 5) is 23.6. The van der Waals surface area contributed by atoms with Crippen LogP contribution in [0.2, 0.25) is 0 Å². The van der Waals surface area contributed by atoms with Gasteiger partial charge in [-0.05, 0) is 52.3 Å². The van der Waals surface area contributed by atoms with Crippen molar-refractivity contribution in [1.29, 1.82) is 0 Å². The summed E-state index contributed by atoms with van der Waals surface area (Å²) in [5.74, 6) is -0.135. The molecule has 41 heavy (non-hydrogen) atoms. The molecule has 0 unspecified atom stereocenters. The van der Waals surface area contributed by atoms with E-state index in [2.05, 4.69) is 15.2 Å². The molecule has 2 heterocycles. The first-order chi connectivity index (χ1) is 19.1. The van der Waals surface area contributed by atoms with Crippen molar-refractivity contribution >= 4 is 33.3 Å². The highest BCUT2D eigenvalue weighted by atomic mass is 32.2. The summed E-state index contributed by atoms with van der Waals surface area (Å²) in [6.07, 6.45) is -5.22. The van der Waals surface area contributed by atoms with Gasteiger partial charge in [0.1, 0.15) is 24.2 Å². The second-order valence-electron chi connectivity index (χ2n) is 9.72. The van der Waals surface area contributed by atoms with E-state index < -0.39 is 34.0 Å². The maximum absolute atomic E-state index is 14.0. The first-order valence-electron chi connectivity index (χ1n) is 12.7. The van der Waals surface area contributed by atoms with Crippen LogP contribution in [-0.4, -0.2) is 74.8 Å². The summed E-state index contributed by atoms with van der Waals surface area (Å²) in [6.45, 7) is 4.94. The number of ketones is 1. The normalized spacial score (nSPS) is 15.6. The summed E-state index contributed by atoms with van der Waals surface area (Å²) in [7, 11) is -2.91. The molecule has 2 aromatic rings. The Morgan fingerprint density at radius 3 is 2.54 bits per heavy atom. The van der Waals surface area contributed by atoms with Gasteiger partial charge in [0.15, 0.2) is 4.90 Å². The average molecular weight is 607 g/mol. The fraction of sp³-hybridized carbons (Fsp3) is 0.560. The molecule has 1 aliphatic rings. The van der Waals surface area contributed by atoms with Crippen LogP contribution in [0.5, 0.6) is 11.6 Å². The minimum atomic E-state index is -4.82. The van der Waals surface area contributed by atoms with E-state index in [1.54, 1.807) is 6.92 Å². The van der Waals surface area contributed by atoms with Gasteiger partial charge in [0.25, 0.3) is 15.9 Å². The van der Waals surface area contributed by atoms with Crippen LogP contribution in [0.25, 0.3) is 0 Å².